The normalized spacial score (nSPS) is 39.7. The highest BCUT2D eigenvalue weighted by Crippen LogP contribution is 2.30. The van der Waals surface area contributed by atoms with E-state index in [9.17, 15) is 0 Å². The first-order chi connectivity index (χ1) is 7.66. The standard InChI is InChI=1S/C14H28N2.ClH/c1-11-5-4-6-14(7-11)10-16-12(2)8-15-9-13(16)3;/h11-15H,4-10H2,1-3H3;1H/t11?,12-,13+,14?;. The Morgan fingerprint density at radius 1 is 1.06 bits per heavy atom. The lowest BCUT2D eigenvalue weighted by Crippen LogP contribution is -2.56. The predicted molar refractivity (Wildman–Crippen MR) is 76.9 cm³/mol. The van der Waals surface area contributed by atoms with Gasteiger partial charge in [-0.2, -0.15) is 0 Å². The zero-order chi connectivity index (χ0) is 11.5. The molecular weight excluding hydrogens is 232 g/mol. The molecule has 1 aliphatic carbocycles. The summed E-state index contributed by atoms with van der Waals surface area (Å²) in [5, 5.41) is 3.52. The maximum absolute atomic E-state index is 3.52. The van der Waals surface area contributed by atoms with Crippen LogP contribution in [0.3, 0.4) is 0 Å². The van der Waals surface area contributed by atoms with E-state index in [0.29, 0.717) is 0 Å². The van der Waals surface area contributed by atoms with Crippen molar-refractivity contribution in [1.82, 2.24) is 10.2 Å². The molecule has 0 aromatic carbocycles. The molecule has 0 spiro atoms. The first kappa shape index (κ1) is 15.3. The van der Waals surface area contributed by atoms with Crippen molar-refractivity contribution in [2.75, 3.05) is 19.6 Å². The Balaban J connectivity index is 0.00000144. The van der Waals surface area contributed by atoms with Crippen LogP contribution in [-0.4, -0.2) is 36.6 Å². The molecule has 1 heterocycles. The lowest BCUT2D eigenvalue weighted by Gasteiger charge is -2.42. The van der Waals surface area contributed by atoms with Gasteiger partial charge in [0.15, 0.2) is 0 Å². The zero-order valence-electron chi connectivity index (χ0n) is 11.6. The number of nitrogens with one attached hydrogen (secondary N) is 1. The smallest absolute Gasteiger partial charge is 0.0195 e. The van der Waals surface area contributed by atoms with Crippen molar-refractivity contribution in [2.24, 2.45) is 11.8 Å². The van der Waals surface area contributed by atoms with Gasteiger partial charge in [-0.25, -0.2) is 0 Å². The minimum Gasteiger partial charge on any atom is -0.314 e. The second-order valence-corrected chi connectivity index (χ2v) is 6.19. The summed E-state index contributed by atoms with van der Waals surface area (Å²) in [5.41, 5.74) is 0. The summed E-state index contributed by atoms with van der Waals surface area (Å²) in [5.74, 6) is 1.93. The first-order valence-electron chi connectivity index (χ1n) is 7.13. The van der Waals surface area contributed by atoms with Crippen LogP contribution in [-0.2, 0) is 0 Å². The minimum atomic E-state index is 0. The number of rotatable bonds is 2. The second-order valence-electron chi connectivity index (χ2n) is 6.19. The average Bonchev–Trinajstić information content (AvgIpc) is 2.24. The maximum atomic E-state index is 3.52. The Labute approximate surface area is 113 Å². The Kier molecular flexibility index (Phi) is 6.25. The predicted octanol–water partition coefficient (Wildman–Crippen LogP) is 2.92. The molecule has 1 saturated carbocycles. The molecule has 0 radical (unpaired) electrons. The number of hydrogen-bond acceptors (Lipinski definition) is 2. The number of piperazine rings is 1. The van der Waals surface area contributed by atoms with Crippen molar-refractivity contribution < 1.29 is 0 Å². The van der Waals surface area contributed by atoms with Crippen LogP contribution in [0.5, 0.6) is 0 Å². The molecule has 1 saturated heterocycles. The van der Waals surface area contributed by atoms with Crippen molar-refractivity contribution in [2.45, 2.75) is 58.5 Å². The van der Waals surface area contributed by atoms with Crippen LogP contribution in [0.1, 0.15) is 46.5 Å². The van der Waals surface area contributed by atoms with E-state index in [-0.39, 0.29) is 12.4 Å². The van der Waals surface area contributed by atoms with Gasteiger partial charge in [-0.15, -0.1) is 12.4 Å². The molecule has 1 N–H and O–H groups in total. The van der Waals surface area contributed by atoms with Crippen molar-refractivity contribution in [1.29, 1.82) is 0 Å². The quantitative estimate of drug-likeness (QED) is 0.821. The van der Waals surface area contributed by atoms with Gasteiger partial charge in [-0.1, -0.05) is 19.8 Å². The average molecular weight is 261 g/mol. The third-order valence-electron chi connectivity index (χ3n) is 4.53. The van der Waals surface area contributed by atoms with Crippen molar-refractivity contribution in [3.8, 4) is 0 Å². The summed E-state index contributed by atoms with van der Waals surface area (Å²) in [6.45, 7) is 10.9. The fraction of sp³-hybridized carbons (Fsp3) is 1.00. The third kappa shape index (κ3) is 4.11. The summed E-state index contributed by atoms with van der Waals surface area (Å²) >= 11 is 0. The third-order valence-corrected chi connectivity index (χ3v) is 4.53. The molecular formula is C14H29ClN2. The van der Waals surface area contributed by atoms with Gasteiger partial charge in [-0.3, -0.25) is 4.90 Å². The molecule has 0 bridgehead atoms. The SMILES string of the molecule is CC1CCCC(CN2[C@H](C)CNC[C@@H]2C)C1.Cl. The Morgan fingerprint density at radius 2 is 1.71 bits per heavy atom. The van der Waals surface area contributed by atoms with Crippen LogP contribution in [0.2, 0.25) is 0 Å². The molecule has 4 atom stereocenters. The molecule has 1 aliphatic heterocycles. The van der Waals surface area contributed by atoms with Crippen molar-refractivity contribution in [3.05, 3.63) is 0 Å². The molecule has 2 unspecified atom stereocenters. The topological polar surface area (TPSA) is 15.3 Å². The van der Waals surface area contributed by atoms with Gasteiger partial charge < -0.3 is 5.32 Å². The molecule has 2 nitrogen and oxygen atoms in total. The minimum absolute atomic E-state index is 0. The summed E-state index contributed by atoms with van der Waals surface area (Å²) < 4.78 is 0. The van der Waals surface area contributed by atoms with Crippen LogP contribution in [0.25, 0.3) is 0 Å². The van der Waals surface area contributed by atoms with Gasteiger partial charge in [0.1, 0.15) is 0 Å². The van der Waals surface area contributed by atoms with Crippen LogP contribution >= 0.6 is 12.4 Å². The van der Waals surface area contributed by atoms with Crippen LogP contribution < -0.4 is 5.32 Å². The fourth-order valence-corrected chi connectivity index (χ4v) is 3.55. The highest BCUT2D eigenvalue weighted by atomic mass is 35.5. The Bertz CT molecular complexity index is 212. The largest absolute Gasteiger partial charge is 0.314 e. The van der Waals surface area contributed by atoms with E-state index < -0.39 is 0 Å². The lowest BCUT2D eigenvalue weighted by atomic mass is 9.82. The van der Waals surface area contributed by atoms with Gasteiger partial charge in [0, 0.05) is 31.7 Å². The Hall–Kier alpha value is 0.210. The number of halogens is 1. The molecule has 2 fully saturated rings. The molecule has 0 aromatic rings. The van der Waals surface area contributed by atoms with Gasteiger partial charge in [0.2, 0.25) is 0 Å². The fourth-order valence-electron chi connectivity index (χ4n) is 3.55. The van der Waals surface area contributed by atoms with Gasteiger partial charge >= 0.3 is 0 Å². The van der Waals surface area contributed by atoms with Crippen molar-refractivity contribution >= 4 is 12.4 Å². The summed E-state index contributed by atoms with van der Waals surface area (Å²) in [4.78, 5) is 2.74. The van der Waals surface area contributed by atoms with Crippen LogP contribution in [0.4, 0.5) is 0 Å². The van der Waals surface area contributed by atoms with Gasteiger partial charge in [0.05, 0.1) is 0 Å². The summed E-state index contributed by atoms with van der Waals surface area (Å²) in [6, 6.07) is 1.45. The van der Waals surface area contributed by atoms with Crippen LogP contribution in [0.15, 0.2) is 0 Å². The van der Waals surface area contributed by atoms with E-state index in [1.54, 1.807) is 0 Å². The molecule has 2 aliphatic rings. The van der Waals surface area contributed by atoms with Gasteiger partial charge in [-0.05, 0) is 38.5 Å². The molecule has 3 heteroatoms. The van der Waals surface area contributed by atoms with Crippen molar-refractivity contribution in [3.63, 3.8) is 0 Å². The number of hydrogen-bond donors (Lipinski definition) is 1. The van der Waals surface area contributed by atoms with Gasteiger partial charge in [0.25, 0.3) is 0 Å². The zero-order valence-corrected chi connectivity index (χ0v) is 12.4. The van der Waals surface area contributed by atoms with Crippen LogP contribution in [0, 0.1) is 11.8 Å². The lowest BCUT2D eigenvalue weighted by molar-refractivity contribution is 0.0805. The monoisotopic (exact) mass is 260 g/mol. The van der Waals surface area contributed by atoms with E-state index in [1.807, 2.05) is 0 Å². The highest BCUT2D eigenvalue weighted by molar-refractivity contribution is 5.85. The van der Waals surface area contributed by atoms with E-state index in [1.165, 1.54) is 45.3 Å². The first-order valence-corrected chi connectivity index (χ1v) is 7.13. The molecule has 2 rings (SSSR count). The number of nitrogens with zero attached hydrogens (tertiary/aromatic N) is 1. The molecule has 0 amide bonds. The summed E-state index contributed by atoms with van der Waals surface area (Å²) in [7, 11) is 0. The summed E-state index contributed by atoms with van der Waals surface area (Å²) in [6.07, 6.45) is 5.85. The second kappa shape index (κ2) is 6.96. The molecule has 0 aromatic heterocycles. The maximum Gasteiger partial charge on any atom is 0.0195 e. The van der Waals surface area contributed by atoms with E-state index in [2.05, 4.69) is 31.0 Å². The molecule has 17 heavy (non-hydrogen) atoms. The Morgan fingerprint density at radius 3 is 2.29 bits per heavy atom. The van der Waals surface area contributed by atoms with E-state index in [4.69, 9.17) is 0 Å². The highest BCUT2D eigenvalue weighted by Gasteiger charge is 2.28. The van der Waals surface area contributed by atoms with E-state index in [0.717, 1.165) is 23.9 Å². The molecule has 102 valence electrons. The van der Waals surface area contributed by atoms with E-state index >= 15 is 0 Å².